The fraction of sp³-hybridized carbons (Fsp3) is 0.364. The highest BCUT2D eigenvalue weighted by atomic mass is 79.9. The lowest BCUT2D eigenvalue weighted by atomic mass is 10.1. The van der Waals surface area contributed by atoms with Gasteiger partial charge in [0.2, 0.25) is 0 Å². The van der Waals surface area contributed by atoms with Crippen LogP contribution in [0.25, 0.3) is 0 Å². The van der Waals surface area contributed by atoms with Crippen molar-refractivity contribution in [2.24, 2.45) is 0 Å². The van der Waals surface area contributed by atoms with E-state index in [-0.39, 0.29) is 18.3 Å². The number of hydrogen-bond donors (Lipinski definition) is 2. The van der Waals surface area contributed by atoms with Gasteiger partial charge in [-0.3, -0.25) is 4.79 Å². The maximum Gasteiger partial charge on any atom is 0.251 e. The van der Waals surface area contributed by atoms with E-state index in [2.05, 4.69) is 26.6 Å². The van der Waals surface area contributed by atoms with Crippen molar-refractivity contribution in [3.05, 3.63) is 33.8 Å². The Hall–Kier alpha value is -0.580. The van der Waals surface area contributed by atoms with Crippen molar-refractivity contribution in [1.82, 2.24) is 10.6 Å². The van der Waals surface area contributed by atoms with E-state index in [9.17, 15) is 4.79 Å². The summed E-state index contributed by atoms with van der Waals surface area (Å²) >= 11 is 3.37. The maximum atomic E-state index is 11.7. The van der Waals surface area contributed by atoms with Gasteiger partial charge in [0, 0.05) is 23.1 Å². The summed E-state index contributed by atoms with van der Waals surface area (Å²) in [7, 11) is 1.86. The van der Waals surface area contributed by atoms with E-state index in [0.717, 1.165) is 22.1 Å². The molecule has 1 aromatic rings. The molecule has 1 rings (SSSR count). The summed E-state index contributed by atoms with van der Waals surface area (Å²) in [5.74, 6) is -0.0183. The average Bonchev–Trinajstić information content (AvgIpc) is 2.17. The molecule has 1 aromatic carbocycles. The van der Waals surface area contributed by atoms with Crippen molar-refractivity contribution >= 4 is 34.2 Å². The molecule has 0 radical (unpaired) electrons. The number of aryl methyl sites for hydroxylation is 1. The van der Waals surface area contributed by atoms with Crippen LogP contribution in [-0.2, 0) is 0 Å². The molecule has 0 fully saturated rings. The van der Waals surface area contributed by atoms with E-state index in [1.807, 2.05) is 32.2 Å². The molecule has 0 saturated carbocycles. The fourth-order valence-corrected chi connectivity index (χ4v) is 1.75. The Labute approximate surface area is 111 Å². The molecule has 0 spiro atoms. The lowest BCUT2D eigenvalue weighted by Crippen LogP contribution is -2.30. The Balaban J connectivity index is 0.00000225. The van der Waals surface area contributed by atoms with Crippen LogP contribution in [0.5, 0.6) is 0 Å². The van der Waals surface area contributed by atoms with Gasteiger partial charge in [0.15, 0.2) is 0 Å². The third-order valence-electron chi connectivity index (χ3n) is 2.09. The minimum absolute atomic E-state index is 0. The number of carbonyl (C=O) groups is 1. The normalized spacial score (nSPS) is 9.44. The second-order valence-electron chi connectivity index (χ2n) is 3.32. The van der Waals surface area contributed by atoms with Gasteiger partial charge in [-0.2, -0.15) is 0 Å². The molecule has 0 saturated heterocycles. The minimum Gasteiger partial charge on any atom is -0.351 e. The molecular weight excluding hydrogens is 291 g/mol. The Bertz CT molecular complexity index is 358. The minimum atomic E-state index is -0.0183. The van der Waals surface area contributed by atoms with E-state index in [1.54, 1.807) is 0 Å². The maximum absolute atomic E-state index is 11.7. The second-order valence-corrected chi connectivity index (χ2v) is 4.23. The van der Waals surface area contributed by atoms with E-state index in [4.69, 9.17) is 0 Å². The van der Waals surface area contributed by atoms with Gasteiger partial charge in [-0.1, -0.05) is 15.9 Å². The number of halogens is 2. The first kappa shape index (κ1) is 15.4. The van der Waals surface area contributed by atoms with Crippen molar-refractivity contribution in [2.75, 3.05) is 20.1 Å². The molecule has 0 unspecified atom stereocenters. The largest absolute Gasteiger partial charge is 0.351 e. The molecule has 16 heavy (non-hydrogen) atoms. The van der Waals surface area contributed by atoms with Crippen molar-refractivity contribution < 1.29 is 4.79 Å². The molecule has 0 aliphatic heterocycles. The van der Waals surface area contributed by atoms with Gasteiger partial charge in [-0.25, -0.2) is 0 Å². The van der Waals surface area contributed by atoms with Gasteiger partial charge >= 0.3 is 0 Å². The topological polar surface area (TPSA) is 41.1 Å². The van der Waals surface area contributed by atoms with E-state index >= 15 is 0 Å². The molecule has 3 nitrogen and oxygen atoms in total. The Morgan fingerprint density at radius 1 is 1.38 bits per heavy atom. The van der Waals surface area contributed by atoms with Crippen LogP contribution < -0.4 is 10.6 Å². The van der Waals surface area contributed by atoms with E-state index in [1.165, 1.54) is 0 Å². The first-order valence-electron chi connectivity index (χ1n) is 4.84. The molecule has 2 N–H and O–H groups in total. The lowest BCUT2D eigenvalue weighted by Gasteiger charge is -2.07. The zero-order valence-electron chi connectivity index (χ0n) is 9.34. The zero-order valence-corrected chi connectivity index (χ0v) is 11.7. The lowest BCUT2D eigenvalue weighted by molar-refractivity contribution is 0.0953. The highest BCUT2D eigenvalue weighted by molar-refractivity contribution is 9.10. The van der Waals surface area contributed by atoms with Crippen molar-refractivity contribution in [1.29, 1.82) is 0 Å². The number of carbonyl (C=O) groups excluding carboxylic acids is 1. The Kier molecular flexibility index (Phi) is 7.38. The molecule has 90 valence electrons. The molecule has 1 amide bonds. The van der Waals surface area contributed by atoms with Crippen LogP contribution >= 0.6 is 28.3 Å². The van der Waals surface area contributed by atoms with Crippen LogP contribution in [0.2, 0.25) is 0 Å². The molecule has 0 aromatic heterocycles. The average molecular weight is 308 g/mol. The van der Waals surface area contributed by atoms with Gasteiger partial charge in [-0.15, -0.1) is 12.4 Å². The van der Waals surface area contributed by atoms with Crippen molar-refractivity contribution in [3.8, 4) is 0 Å². The predicted octanol–water partition coefficient (Wildman–Crippen LogP) is 2.13. The summed E-state index contributed by atoms with van der Waals surface area (Å²) < 4.78 is 0.992. The summed E-state index contributed by atoms with van der Waals surface area (Å²) in [5, 5.41) is 5.82. The molecular formula is C11H16BrClN2O. The summed E-state index contributed by atoms with van der Waals surface area (Å²) in [4.78, 5) is 11.7. The zero-order chi connectivity index (χ0) is 11.3. The van der Waals surface area contributed by atoms with E-state index in [0.29, 0.717) is 6.54 Å². The van der Waals surface area contributed by atoms with Gasteiger partial charge in [0.05, 0.1) is 0 Å². The number of rotatable bonds is 4. The van der Waals surface area contributed by atoms with Crippen LogP contribution in [0.1, 0.15) is 15.9 Å². The highest BCUT2D eigenvalue weighted by Crippen LogP contribution is 2.15. The summed E-state index contributed by atoms with van der Waals surface area (Å²) in [5.41, 5.74) is 1.71. The smallest absolute Gasteiger partial charge is 0.251 e. The molecule has 0 bridgehead atoms. The fourth-order valence-electron chi connectivity index (χ4n) is 1.28. The monoisotopic (exact) mass is 306 g/mol. The number of amides is 1. The summed E-state index contributed by atoms with van der Waals surface area (Å²) in [6, 6.07) is 5.64. The van der Waals surface area contributed by atoms with Crippen molar-refractivity contribution in [3.63, 3.8) is 0 Å². The van der Waals surface area contributed by atoms with Crippen LogP contribution in [0.4, 0.5) is 0 Å². The number of benzene rings is 1. The van der Waals surface area contributed by atoms with Crippen LogP contribution in [0.15, 0.2) is 22.7 Å². The van der Waals surface area contributed by atoms with E-state index < -0.39 is 0 Å². The quantitative estimate of drug-likeness (QED) is 0.837. The first-order chi connectivity index (χ1) is 7.15. The Morgan fingerprint density at radius 3 is 2.62 bits per heavy atom. The first-order valence-corrected chi connectivity index (χ1v) is 5.63. The standard InChI is InChI=1S/C11H15BrN2O.ClH/c1-8-7-9(12)3-4-10(8)11(15)14-6-5-13-2;/h3-4,7,13H,5-6H2,1-2H3,(H,14,15);1H. The van der Waals surface area contributed by atoms with Gasteiger partial charge in [0.25, 0.3) is 5.91 Å². The highest BCUT2D eigenvalue weighted by Gasteiger charge is 2.07. The van der Waals surface area contributed by atoms with Gasteiger partial charge < -0.3 is 10.6 Å². The third kappa shape index (κ3) is 4.51. The van der Waals surface area contributed by atoms with Gasteiger partial charge in [0.1, 0.15) is 0 Å². The number of likely N-dealkylation sites (N-methyl/N-ethyl adjacent to an activating group) is 1. The van der Waals surface area contributed by atoms with Crippen molar-refractivity contribution in [2.45, 2.75) is 6.92 Å². The molecule has 0 aliphatic rings. The second kappa shape index (κ2) is 7.65. The summed E-state index contributed by atoms with van der Waals surface area (Å²) in [6.45, 7) is 3.35. The molecule has 0 aliphatic carbocycles. The predicted molar refractivity (Wildman–Crippen MR) is 72.4 cm³/mol. The molecule has 0 heterocycles. The number of hydrogen-bond acceptors (Lipinski definition) is 2. The molecule has 0 atom stereocenters. The number of nitrogens with one attached hydrogen (secondary N) is 2. The van der Waals surface area contributed by atoms with Gasteiger partial charge in [-0.05, 0) is 37.7 Å². The van der Waals surface area contributed by atoms with Crippen LogP contribution in [0, 0.1) is 6.92 Å². The SMILES string of the molecule is CNCCNC(=O)c1ccc(Br)cc1C.Cl. The Morgan fingerprint density at radius 2 is 2.06 bits per heavy atom. The third-order valence-corrected chi connectivity index (χ3v) is 2.59. The van der Waals surface area contributed by atoms with Crippen LogP contribution in [0.3, 0.4) is 0 Å². The summed E-state index contributed by atoms with van der Waals surface area (Å²) in [6.07, 6.45) is 0. The van der Waals surface area contributed by atoms with Crippen LogP contribution in [-0.4, -0.2) is 26.0 Å². The molecule has 5 heteroatoms.